The zero-order valence-electron chi connectivity index (χ0n) is 16.6. The molecular formula is C21H22O8S2. The van der Waals surface area contributed by atoms with E-state index in [1.54, 1.807) is 12.1 Å². The van der Waals surface area contributed by atoms with Gasteiger partial charge in [0.2, 0.25) is 0 Å². The van der Waals surface area contributed by atoms with E-state index in [4.69, 9.17) is 9.11 Å². The minimum atomic E-state index is -4.63. The average molecular weight is 467 g/mol. The van der Waals surface area contributed by atoms with E-state index in [1.807, 2.05) is 12.1 Å². The lowest BCUT2D eigenvalue weighted by atomic mass is 9.82. The molecule has 0 saturated heterocycles. The summed E-state index contributed by atoms with van der Waals surface area (Å²) in [6, 6.07) is 9.96. The summed E-state index contributed by atoms with van der Waals surface area (Å²) < 4.78 is 71.8. The molecule has 31 heavy (non-hydrogen) atoms. The van der Waals surface area contributed by atoms with Crippen LogP contribution in [0.25, 0.3) is 11.1 Å². The van der Waals surface area contributed by atoms with Crippen molar-refractivity contribution in [3.8, 4) is 11.5 Å². The highest BCUT2D eigenvalue weighted by atomic mass is 32.3. The minimum Gasteiger partial charge on any atom is -0.362 e. The van der Waals surface area contributed by atoms with Crippen LogP contribution in [0.1, 0.15) is 54.4 Å². The number of allylic oxidation sites excluding steroid dienone is 2. The van der Waals surface area contributed by atoms with Crippen LogP contribution in [-0.4, -0.2) is 25.9 Å². The molecule has 8 nitrogen and oxygen atoms in total. The number of aryl methyl sites for hydroxylation is 2. The van der Waals surface area contributed by atoms with Crippen molar-refractivity contribution in [3.63, 3.8) is 0 Å². The summed E-state index contributed by atoms with van der Waals surface area (Å²) >= 11 is 0. The molecule has 166 valence electrons. The Balaban J connectivity index is 1.85. The SMILES string of the molecule is O=S(=O)(O)Oc1ccc2c(c1)CCc1cc(OS(=O)(=O)O)ccc1C1=C2CCCCC1. The van der Waals surface area contributed by atoms with Crippen molar-refractivity contribution in [2.45, 2.75) is 44.9 Å². The van der Waals surface area contributed by atoms with Gasteiger partial charge in [0.05, 0.1) is 0 Å². The standard InChI is InChI=1S/C21H22O8S2/c22-30(23,24)28-16-8-10-18-14(12-16)6-7-15-13-17(29-31(25,26)27)9-11-19(15)21-5-3-1-2-4-20(18)21/h8-13H,1-7H2,(H,22,23,24)(H,25,26,27). The molecule has 2 aromatic rings. The van der Waals surface area contributed by atoms with Gasteiger partial charge in [0.15, 0.2) is 0 Å². The van der Waals surface area contributed by atoms with Crippen molar-refractivity contribution < 1.29 is 34.3 Å². The first kappa shape index (κ1) is 21.8. The molecule has 2 aliphatic carbocycles. The first-order valence-corrected chi connectivity index (χ1v) is 12.6. The molecule has 0 amide bonds. The molecule has 2 aromatic carbocycles. The number of hydrogen-bond donors (Lipinski definition) is 2. The predicted octanol–water partition coefficient (Wildman–Crippen LogP) is 4.02. The Morgan fingerprint density at radius 3 is 1.42 bits per heavy atom. The molecule has 0 atom stereocenters. The second-order valence-corrected chi connectivity index (χ2v) is 9.72. The van der Waals surface area contributed by atoms with Crippen molar-refractivity contribution in [1.82, 2.24) is 0 Å². The molecule has 10 heteroatoms. The van der Waals surface area contributed by atoms with Gasteiger partial charge < -0.3 is 8.37 Å². The summed E-state index contributed by atoms with van der Waals surface area (Å²) in [5, 5.41) is 0. The highest BCUT2D eigenvalue weighted by Gasteiger charge is 2.23. The van der Waals surface area contributed by atoms with E-state index in [1.165, 1.54) is 23.3 Å². The molecule has 0 aliphatic heterocycles. The van der Waals surface area contributed by atoms with Crippen molar-refractivity contribution in [3.05, 3.63) is 58.7 Å². The lowest BCUT2D eigenvalue weighted by molar-refractivity contribution is 0.384. The molecule has 0 radical (unpaired) electrons. The maximum Gasteiger partial charge on any atom is 0.446 e. The normalized spacial score (nSPS) is 16.8. The third-order valence-corrected chi connectivity index (χ3v) is 6.39. The summed E-state index contributed by atoms with van der Waals surface area (Å²) in [5.41, 5.74) is 6.17. The average Bonchev–Trinajstić information content (AvgIpc) is 2.88. The van der Waals surface area contributed by atoms with E-state index in [9.17, 15) is 16.8 Å². The fourth-order valence-corrected chi connectivity index (χ4v) is 5.13. The number of rotatable bonds is 4. The molecule has 4 rings (SSSR count). The van der Waals surface area contributed by atoms with E-state index >= 15 is 0 Å². The van der Waals surface area contributed by atoms with Crippen LogP contribution in [-0.2, 0) is 33.6 Å². The molecule has 2 aliphatic rings. The molecule has 0 fully saturated rings. The van der Waals surface area contributed by atoms with E-state index < -0.39 is 20.8 Å². The fourth-order valence-electron chi connectivity index (χ4n) is 4.44. The maximum absolute atomic E-state index is 11.1. The zero-order chi connectivity index (χ0) is 22.2. The van der Waals surface area contributed by atoms with Gasteiger partial charge >= 0.3 is 20.8 Å². The van der Waals surface area contributed by atoms with E-state index in [2.05, 4.69) is 8.37 Å². The van der Waals surface area contributed by atoms with E-state index in [0.717, 1.165) is 54.4 Å². The van der Waals surface area contributed by atoms with Gasteiger partial charge in [0.1, 0.15) is 11.5 Å². The van der Waals surface area contributed by atoms with Crippen LogP contribution in [0.3, 0.4) is 0 Å². The summed E-state index contributed by atoms with van der Waals surface area (Å²) in [6.07, 6.45) is 5.95. The smallest absolute Gasteiger partial charge is 0.362 e. The second kappa shape index (κ2) is 8.27. The summed E-state index contributed by atoms with van der Waals surface area (Å²) in [7, 11) is -9.26. The monoisotopic (exact) mass is 466 g/mol. The molecule has 0 bridgehead atoms. The van der Waals surface area contributed by atoms with Crippen LogP contribution in [0.15, 0.2) is 36.4 Å². The Kier molecular flexibility index (Phi) is 5.82. The Hall–Kier alpha value is -2.40. The largest absolute Gasteiger partial charge is 0.446 e. The van der Waals surface area contributed by atoms with Gasteiger partial charge in [-0.25, -0.2) is 0 Å². The van der Waals surface area contributed by atoms with E-state index in [0.29, 0.717) is 12.8 Å². The molecule has 2 N–H and O–H groups in total. The van der Waals surface area contributed by atoms with Crippen molar-refractivity contribution in [2.75, 3.05) is 0 Å². The topological polar surface area (TPSA) is 127 Å². The van der Waals surface area contributed by atoms with Gasteiger partial charge in [0, 0.05) is 0 Å². The number of fused-ring (bicyclic) bond motifs is 4. The first-order chi connectivity index (χ1) is 14.6. The fraction of sp³-hybridized carbons (Fsp3) is 0.333. The van der Waals surface area contributed by atoms with Crippen LogP contribution in [0, 0.1) is 0 Å². The summed E-state index contributed by atoms with van der Waals surface area (Å²) in [4.78, 5) is 0. The molecule has 0 unspecified atom stereocenters. The lowest BCUT2D eigenvalue weighted by Gasteiger charge is -2.23. The minimum absolute atomic E-state index is 0.0290. The summed E-state index contributed by atoms with van der Waals surface area (Å²) in [5.74, 6) is 0.0579. The highest BCUT2D eigenvalue weighted by molar-refractivity contribution is 7.81. The predicted molar refractivity (Wildman–Crippen MR) is 115 cm³/mol. The first-order valence-electron chi connectivity index (χ1n) is 9.91. The maximum atomic E-state index is 11.1. The third-order valence-electron chi connectivity index (χ3n) is 5.59. The second-order valence-electron chi connectivity index (χ2n) is 7.68. The molecular weight excluding hydrogens is 444 g/mol. The molecule has 0 spiro atoms. The van der Waals surface area contributed by atoms with Crippen molar-refractivity contribution in [1.29, 1.82) is 0 Å². The summed E-state index contributed by atoms with van der Waals surface area (Å²) in [6.45, 7) is 0. The molecule has 0 aromatic heterocycles. The number of hydrogen-bond acceptors (Lipinski definition) is 6. The van der Waals surface area contributed by atoms with Gasteiger partial charge in [-0.05, 0) is 96.2 Å². The van der Waals surface area contributed by atoms with E-state index in [-0.39, 0.29) is 11.5 Å². The molecule has 0 heterocycles. The Bertz CT molecular complexity index is 1160. The van der Waals surface area contributed by atoms with Crippen LogP contribution in [0.5, 0.6) is 11.5 Å². The Morgan fingerprint density at radius 1 is 0.613 bits per heavy atom. The van der Waals surface area contributed by atoms with Crippen molar-refractivity contribution in [2.24, 2.45) is 0 Å². The number of benzene rings is 2. The van der Waals surface area contributed by atoms with Crippen LogP contribution >= 0.6 is 0 Å². The highest BCUT2D eigenvalue weighted by Crippen LogP contribution is 2.42. The third kappa shape index (κ3) is 5.27. The Labute approximate surface area is 181 Å². The van der Waals surface area contributed by atoms with Gasteiger partial charge in [-0.1, -0.05) is 18.6 Å². The van der Waals surface area contributed by atoms with Gasteiger partial charge in [0.25, 0.3) is 0 Å². The zero-order valence-corrected chi connectivity index (χ0v) is 18.2. The van der Waals surface area contributed by atoms with Gasteiger partial charge in [-0.15, -0.1) is 0 Å². The quantitative estimate of drug-likeness (QED) is 0.647. The van der Waals surface area contributed by atoms with Gasteiger partial charge in [-0.2, -0.15) is 16.8 Å². The Morgan fingerprint density at radius 2 is 1.03 bits per heavy atom. The van der Waals surface area contributed by atoms with Gasteiger partial charge in [-0.3, -0.25) is 9.11 Å². The van der Waals surface area contributed by atoms with Crippen LogP contribution in [0.4, 0.5) is 0 Å². The van der Waals surface area contributed by atoms with Crippen LogP contribution < -0.4 is 8.37 Å². The van der Waals surface area contributed by atoms with Crippen LogP contribution in [0.2, 0.25) is 0 Å². The van der Waals surface area contributed by atoms with Crippen molar-refractivity contribution >= 4 is 31.9 Å². The lowest BCUT2D eigenvalue weighted by Crippen LogP contribution is -2.10. The molecule has 0 saturated carbocycles.